The summed E-state index contributed by atoms with van der Waals surface area (Å²) in [5.74, 6) is -0.126. The van der Waals surface area contributed by atoms with Gasteiger partial charge in [0.15, 0.2) is 0 Å². The number of nitrogens with zero attached hydrogens (tertiary/aromatic N) is 1. The first-order valence-corrected chi connectivity index (χ1v) is 22.5. The van der Waals surface area contributed by atoms with Crippen molar-refractivity contribution < 1.29 is 19.0 Å². The predicted octanol–water partition coefficient (Wildman–Crippen LogP) is 13.7. The molecule has 5 nitrogen and oxygen atoms in total. The van der Waals surface area contributed by atoms with E-state index in [1.54, 1.807) is 0 Å². The highest BCUT2D eigenvalue weighted by Crippen LogP contribution is 2.12. The van der Waals surface area contributed by atoms with E-state index in [1.807, 2.05) is 0 Å². The highest BCUT2D eigenvalue weighted by Gasteiger charge is 2.13. The van der Waals surface area contributed by atoms with Crippen molar-refractivity contribution in [2.45, 2.75) is 219 Å². The molecule has 0 radical (unpaired) electrons. The van der Waals surface area contributed by atoms with Crippen molar-refractivity contribution in [2.24, 2.45) is 0 Å². The molecule has 0 aliphatic rings. The van der Waals surface area contributed by atoms with Crippen LogP contribution in [0.25, 0.3) is 0 Å². The Morgan fingerprint density at radius 2 is 0.922 bits per heavy atom. The van der Waals surface area contributed by atoms with Crippen LogP contribution in [-0.2, 0) is 19.0 Å². The molecule has 0 saturated heterocycles. The smallest absolute Gasteiger partial charge is 0.305 e. The van der Waals surface area contributed by atoms with Gasteiger partial charge in [-0.1, -0.05) is 161 Å². The van der Waals surface area contributed by atoms with E-state index in [2.05, 4.69) is 57.0 Å². The summed E-state index contributed by atoms with van der Waals surface area (Å²) in [6.07, 6.45) is 47.3. The van der Waals surface area contributed by atoms with Gasteiger partial charge in [0, 0.05) is 19.6 Å². The molecule has 0 bridgehead atoms. The molecule has 0 amide bonds. The fourth-order valence-corrected chi connectivity index (χ4v) is 6.32. The zero-order valence-electron chi connectivity index (χ0n) is 34.9. The Kier molecular flexibility index (Phi) is 42.2. The third kappa shape index (κ3) is 41.4. The molecule has 0 aliphatic carbocycles. The average Bonchev–Trinajstić information content (AvgIpc) is 3.14. The highest BCUT2D eigenvalue weighted by molar-refractivity contribution is 5.69. The Balaban J connectivity index is 3.99. The number of esters is 1. The van der Waals surface area contributed by atoms with Crippen LogP contribution in [0.5, 0.6) is 0 Å². The molecular weight excluding hydrogens is 631 g/mol. The molecule has 0 fully saturated rings. The first kappa shape index (κ1) is 49.8. The van der Waals surface area contributed by atoms with Gasteiger partial charge in [-0.25, -0.2) is 0 Å². The topological polar surface area (TPSA) is 48.0 Å². The normalized spacial score (nSPS) is 12.6. The van der Waals surface area contributed by atoms with Crippen LogP contribution in [0.15, 0.2) is 24.3 Å². The molecule has 0 saturated carbocycles. The molecule has 5 heteroatoms. The fourth-order valence-electron chi connectivity index (χ4n) is 6.32. The lowest BCUT2D eigenvalue weighted by atomic mass is 10.1. The summed E-state index contributed by atoms with van der Waals surface area (Å²) in [5, 5.41) is 0. The first-order chi connectivity index (χ1) is 25.1. The van der Waals surface area contributed by atoms with E-state index in [0.29, 0.717) is 26.2 Å². The Labute approximate surface area is 319 Å². The second kappa shape index (κ2) is 43.2. The van der Waals surface area contributed by atoms with Gasteiger partial charge in [0.25, 0.3) is 0 Å². The largest absolute Gasteiger partial charge is 0.463 e. The molecule has 0 aromatic heterocycles. The van der Waals surface area contributed by atoms with Crippen LogP contribution >= 0.6 is 0 Å². The van der Waals surface area contributed by atoms with E-state index in [-0.39, 0.29) is 12.1 Å². The quantitative estimate of drug-likeness (QED) is 0.0357. The van der Waals surface area contributed by atoms with Crippen LogP contribution < -0.4 is 0 Å². The summed E-state index contributed by atoms with van der Waals surface area (Å²) >= 11 is 0. The van der Waals surface area contributed by atoms with E-state index >= 15 is 0 Å². The Bertz CT molecular complexity index is 739. The second-order valence-corrected chi connectivity index (χ2v) is 15.1. The zero-order chi connectivity index (χ0) is 37.1. The molecule has 0 rings (SSSR count). The van der Waals surface area contributed by atoms with Crippen molar-refractivity contribution in [2.75, 3.05) is 46.6 Å². The highest BCUT2D eigenvalue weighted by atomic mass is 16.6. The molecular formula is C46H89NO4. The number of rotatable bonds is 42. The summed E-state index contributed by atoms with van der Waals surface area (Å²) in [6, 6.07) is 0. The number of allylic oxidation sites excluding steroid dienone is 4. The number of carbonyl (C=O) groups is 1. The van der Waals surface area contributed by atoms with E-state index in [1.165, 1.54) is 167 Å². The molecule has 302 valence electrons. The van der Waals surface area contributed by atoms with Crippen LogP contribution in [0.1, 0.15) is 213 Å². The van der Waals surface area contributed by atoms with Crippen molar-refractivity contribution in [1.29, 1.82) is 0 Å². The SMILES string of the molecule is CCCCCCCCC=CCCCCCCCCOCC(COC(=O)CCCN(C)CC)OCCCCCCCCC=CCCCCCCCC. The van der Waals surface area contributed by atoms with Crippen LogP contribution in [0.3, 0.4) is 0 Å². The van der Waals surface area contributed by atoms with Gasteiger partial charge in [0.2, 0.25) is 0 Å². The molecule has 0 aliphatic heterocycles. The molecule has 0 aromatic rings. The van der Waals surface area contributed by atoms with Crippen molar-refractivity contribution in [3.63, 3.8) is 0 Å². The van der Waals surface area contributed by atoms with Gasteiger partial charge in [-0.15, -0.1) is 0 Å². The van der Waals surface area contributed by atoms with E-state index in [0.717, 1.165) is 39.0 Å². The molecule has 0 spiro atoms. The molecule has 51 heavy (non-hydrogen) atoms. The van der Waals surface area contributed by atoms with Crippen molar-refractivity contribution >= 4 is 5.97 Å². The molecule has 0 N–H and O–H groups in total. The number of ether oxygens (including phenoxy) is 3. The van der Waals surface area contributed by atoms with Crippen molar-refractivity contribution in [3.05, 3.63) is 24.3 Å². The molecule has 1 atom stereocenters. The predicted molar refractivity (Wildman–Crippen MR) is 223 cm³/mol. The summed E-state index contributed by atoms with van der Waals surface area (Å²) in [7, 11) is 2.08. The number of hydrogen-bond acceptors (Lipinski definition) is 5. The van der Waals surface area contributed by atoms with Gasteiger partial charge in [-0.05, 0) is 90.8 Å². The summed E-state index contributed by atoms with van der Waals surface area (Å²) in [4.78, 5) is 14.6. The van der Waals surface area contributed by atoms with Gasteiger partial charge in [0.05, 0.1) is 6.61 Å². The van der Waals surface area contributed by atoms with Crippen LogP contribution in [0.2, 0.25) is 0 Å². The minimum atomic E-state index is -0.176. The van der Waals surface area contributed by atoms with E-state index in [9.17, 15) is 4.79 Å². The van der Waals surface area contributed by atoms with Gasteiger partial charge < -0.3 is 19.1 Å². The Morgan fingerprint density at radius 3 is 1.37 bits per heavy atom. The maximum atomic E-state index is 12.3. The molecule has 0 aromatic carbocycles. The van der Waals surface area contributed by atoms with Crippen LogP contribution in [-0.4, -0.2) is 63.5 Å². The Hall–Kier alpha value is -1.17. The summed E-state index contributed by atoms with van der Waals surface area (Å²) < 4.78 is 17.8. The number of hydrogen-bond donors (Lipinski definition) is 0. The van der Waals surface area contributed by atoms with Crippen LogP contribution in [0.4, 0.5) is 0 Å². The number of carbonyl (C=O) groups excluding carboxylic acids is 1. The van der Waals surface area contributed by atoms with Crippen LogP contribution in [0, 0.1) is 0 Å². The lowest BCUT2D eigenvalue weighted by molar-refractivity contribution is -0.150. The van der Waals surface area contributed by atoms with Gasteiger partial charge in [-0.3, -0.25) is 4.79 Å². The maximum Gasteiger partial charge on any atom is 0.305 e. The third-order valence-corrected chi connectivity index (χ3v) is 10.0. The standard InChI is InChI=1S/C46H89NO4/c1-5-8-10-12-14-16-18-20-22-24-26-28-30-32-34-36-41-49-43-45(44-51-46(48)39-38-40-47(4)7-3)50-42-37-35-33-31-29-27-25-23-21-19-17-15-13-11-9-6-2/h20-23,45H,5-19,24-44H2,1-4H3. The fraction of sp³-hybridized carbons (Fsp3) is 0.891. The monoisotopic (exact) mass is 720 g/mol. The van der Waals surface area contributed by atoms with Crippen molar-refractivity contribution in [3.8, 4) is 0 Å². The second-order valence-electron chi connectivity index (χ2n) is 15.1. The number of unbranched alkanes of at least 4 members (excludes halogenated alkanes) is 24. The maximum absolute atomic E-state index is 12.3. The van der Waals surface area contributed by atoms with Gasteiger partial charge >= 0.3 is 5.97 Å². The minimum absolute atomic E-state index is 0.126. The lowest BCUT2D eigenvalue weighted by Gasteiger charge is -2.19. The van der Waals surface area contributed by atoms with E-state index < -0.39 is 0 Å². The van der Waals surface area contributed by atoms with Crippen molar-refractivity contribution in [1.82, 2.24) is 4.90 Å². The minimum Gasteiger partial charge on any atom is -0.463 e. The average molecular weight is 720 g/mol. The summed E-state index contributed by atoms with van der Waals surface area (Å²) in [5.41, 5.74) is 0. The van der Waals surface area contributed by atoms with Gasteiger partial charge in [0.1, 0.15) is 12.7 Å². The lowest BCUT2D eigenvalue weighted by Crippen LogP contribution is -2.28. The zero-order valence-corrected chi connectivity index (χ0v) is 34.9. The van der Waals surface area contributed by atoms with E-state index in [4.69, 9.17) is 14.2 Å². The first-order valence-electron chi connectivity index (χ1n) is 22.5. The Morgan fingerprint density at radius 1 is 0.510 bits per heavy atom. The molecule has 1 unspecified atom stereocenters. The molecule has 0 heterocycles. The van der Waals surface area contributed by atoms with Gasteiger partial charge in [-0.2, -0.15) is 0 Å². The third-order valence-electron chi connectivity index (χ3n) is 10.0. The summed E-state index contributed by atoms with van der Waals surface area (Å²) in [6.45, 7) is 10.9.